The Bertz CT molecular complexity index is 1020. The molecule has 1 aliphatic heterocycles. The lowest BCUT2D eigenvalue weighted by Crippen LogP contribution is -2.54. The van der Waals surface area contributed by atoms with Gasteiger partial charge in [0.25, 0.3) is 0 Å². The molecule has 42 heavy (non-hydrogen) atoms. The third-order valence-electron chi connectivity index (χ3n) is 13.0. The maximum atomic E-state index is 12.2. The van der Waals surface area contributed by atoms with Crippen LogP contribution in [0.4, 0.5) is 0 Å². The number of aliphatic hydroxyl groups is 1. The number of fused-ring (bicyclic) bond motifs is 5. The molecule has 1 N–H and O–H groups in total. The predicted molar refractivity (Wildman–Crippen MR) is 169 cm³/mol. The molecule has 0 aromatic rings. The first kappa shape index (κ1) is 32.8. The Morgan fingerprint density at radius 2 is 1.74 bits per heavy atom. The van der Waals surface area contributed by atoms with E-state index >= 15 is 0 Å². The first-order chi connectivity index (χ1) is 19.9. The molecule has 1 heterocycles. The van der Waals surface area contributed by atoms with E-state index in [1.165, 1.54) is 56.9 Å². The first-order valence-corrected chi connectivity index (χ1v) is 17.4. The Morgan fingerprint density at radius 1 is 0.976 bits per heavy atom. The molecule has 0 amide bonds. The summed E-state index contributed by atoms with van der Waals surface area (Å²) >= 11 is 6.91. The van der Waals surface area contributed by atoms with Gasteiger partial charge in [0.1, 0.15) is 23.6 Å². The van der Waals surface area contributed by atoms with E-state index < -0.39 is 23.9 Å². The van der Waals surface area contributed by atoms with Crippen molar-refractivity contribution in [1.82, 2.24) is 0 Å². The van der Waals surface area contributed by atoms with Gasteiger partial charge in [-0.2, -0.15) is 0 Å². The number of hydrogen-bond donors (Lipinski definition) is 1. The van der Waals surface area contributed by atoms with E-state index in [-0.39, 0.29) is 5.41 Å². The zero-order chi connectivity index (χ0) is 30.4. The third-order valence-corrected chi connectivity index (χ3v) is 13.4. The Kier molecular flexibility index (Phi) is 9.88. The van der Waals surface area contributed by atoms with E-state index in [0.717, 1.165) is 42.4 Å². The van der Waals surface area contributed by atoms with Crippen LogP contribution in [-0.2, 0) is 18.9 Å². The van der Waals surface area contributed by atoms with Crippen molar-refractivity contribution in [1.29, 1.82) is 0 Å². The van der Waals surface area contributed by atoms with Gasteiger partial charge in [-0.1, -0.05) is 71.1 Å². The topological polar surface area (TPSA) is 57.2 Å². The number of methoxy groups -OCH3 is 3. The second kappa shape index (κ2) is 12.7. The molecule has 0 unspecified atom stereocenters. The minimum absolute atomic E-state index is 0.126. The van der Waals surface area contributed by atoms with Crippen molar-refractivity contribution in [2.24, 2.45) is 46.3 Å². The van der Waals surface area contributed by atoms with Crippen LogP contribution in [0.2, 0.25) is 0 Å². The summed E-state index contributed by atoms with van der Waals surface area (Å²) in [5, 5.41) is 12.6. The lowest BCUT2D eigenvalue weighted by Gasteiger charge is -2.59. The van der Waals surface area contributed by atoms with E-state index in [1.807, 2.05) is 0 Å². The van der Waals surface area contributed by atoms with Gasteiger partial charge in [-0.15, -0.1) is 0 Å². The largest absolute Gasteiger partial charge is 0.485 e. The van der Waals surface area contributed by atoms with E-state index in [2.05, 4.69) is 40.7 Å². The fourth-order valence-corrected chi connectivity index (χ4v) is 11.2. The highest BCUT2D eigenvalue weighted by molar-refractivity contribution is 6.30. The average molecular weight is 607 g/mol. The van der Waals surface area contributed by atoms with Gasteiger partial charge in [-0.05, 0) is 104 Å². The van der Waals surface area contributed by atoms with Crippen LogP contribution in [0.5, 0.6) is 0 Å². The molecule has 0 saturated heterocycles. The zero-order valence-corrected chi connectivity index (χ0v) is 28.5. The van der Waals surface area contributed by atoms with Gasteiger partial charge >= 0.3 is 0 Å². The van der Waals surface area contributed by atoms with Crippen LogP contribution in [0.3, 0.4) is 0 Å². The summed E-state index contributed by atoms with van der Waals surface area (Å²) in [4.78, 5) is 0. The molecular formula is C36H59ClO5. The maximum Gasteiger partial charge on any atom is 0.151 e. The molecule has 6 heteroatoms. The number of rotatable bonds is 10. The molecular weight excluding hydrogens is 548 g/mol. The van der Waals surface area contributed by atoms with Gasteiger partial charge in [-0.3, -0.25) is 0 Å². The Balaban J connectivity index is 1.36. The molecule has 0 aromatic heterocycles. The second-order valence-corrected chi connectivity index (χ2v) is 16.0. The van der Waals surface area contributed by atoms with Crippen molar-refractivity contribution in [2.75, 3.05) is 27.9 Å². The van der Waals surface area contributed by atoms with Crippen molar-refractivity contribution < 1.29 is 24.1 Å². The molecule has 3 saturated carbocycles. The highest BCUT2D eigenvalue weighted by atomic mass is 35.5. The molecule has 4 aliphatic carbocycles. The van der Waals surface area contributed by atoms with Gasteiger partial charge in [0.15, 0.2) is 6.10 Å². The number of halogens is 1. The fraction of sp³-hybridized carbons (Fsp3) is 0.889. The van der Waals surface area contributed by atoms with Gasteiger partial charge in [0, 0.05) is 21.3 Å². The minimum Gasteiger partial charge on any atom is -0.485 e. The van der Waals surface area contributed by atoms with Gasteiger partial charge < -0.3 is 24.1 Å². The Hall–Kier alpha value is -0.590. The molecule has 5 nitrogen and oxygen atoms in total. The smallest absolute Gasteiger partial charge is 0.151 e. The quantitative estimate of drug-likeness (QED) is 0.254. The number of ether oxygens (including phenoxy) is 4. The number of hydrogen-bond acceptors (Lipinski definition) is 5. The van der Waals surface area contributed by atoms with Crippen molar-refractivity contribution in [2.45, 2.75) is 129 Å². The summed E-state index contributed by atoms with van der Waals surface area (Å²) in [6.45, 7) is 12.8. The lowest BCUT2D eigenvalue weighted by atomic mass is 9.46. The molecule has 0 radical (unpaired) electrons. The van der Waals surface area contributed by atoms with Crippen molar-refractivity contribution in [3.05, 3.63) is 22.4 Å². The highest BCUT2D eigenvalue weighted by Gasteiger charge is 2.60. The van der Waals surface area contributed by atoms with Crippen LogP contribution in [0, 0.1) is 46.3 Å². The standard InChI is InChI=1S/C36H59ClO5/c1-22(2)10-9-11-23(3)26-14-15-27-25-13-12-24-20-36(38,19-18-34(24,4)28(25)16-17-35(26,27)5)33-30(37)32(41-8)31(40-7)29(42-33)21-39-6/h20,22-23,25-29,31-32,38H,9-19,21H2,1-8H3/t23-,25+,26-,27+,28+,29-,31-,32-,34+,35-,36+/m1/s1. The van der Waals surface area contributed by atoms with Crippen LogP contribution < -0.4 is 0 Å². The molecule has 240 valence electrons. The molecule has 11 atom stereocenters. The molecule has 3 fully saturated rings. The zero-order valence-electron chi connectivity index (χ0n) is 27.7. The van der Waals surface area contributed by atoms with Gasteiger partial charge in [0.05, 0.1) is 11.6 Å². The number of allylic oxidation sites excluding steroid dienone is 1. The summed E-state index contributed by atoms with van der Waals surface area (Å²) in [5.74, 6) is 5.27. The van der Waals surface area contributed by atoms with E-state index in [0.29, 0.717) is 35.2 Å². The summed E-state index contributed by atoms with van der Waals surface area (Å²) < 4.78 is 23.3. The van der Waals surface area contributed by atoms with E-state index in [9.17, 15) is 5.11 Å². The average Bonchev–Trinajstić information content (AvgIpc) is 3.31. The third kappa shape index (κ3) is 5.54. The van der Waals surface area contributed by atoms with Gasteiger partial charge in [-0.25, -0.2) is 0 Å². The van der Waals surface area contributed by atoms with Crippen LogP contribution in [0.1, 0.15) is 105 Å². The maximum absolute atomic E-state index is 12.2. The van der Waals surface area contributed by atoms with Crippen molar-refractivity contribution >= 4 is 11.6 Å². The summed E-state index contributed by atoms with van der Waals surface area (Å²) in [5.41, 5.74) is 0.779. The van der Waals surface area contributed by atoms with Crippen LogP contribution in [-0.4, -0.2) is 57.0 Å². The van der Waals surface area contributed by atoms with Crippen molar-refractivity contribution in [3.63, 3.8) is 0 Å². The van der Waals surface area contributed by atoms with Crippen LogP contribution in [0.25, 0.3) is 0 Å². The van der Waals surface area contributed by atoms with Crippen molar-refractivity contribution in [3.8, 4) is 0 Å². The normalized spacial score (nSPS) is 44.3. The second-order valence-electron chi connectivity index (χ2n) is 15.6. The Labute approximate surface area is 261 Å². The predicted octanol–water partition coefficient (Wildman–Crippen LogP) is 8.28. The summed E-state index contributed by atoms with van der Waals surface area (Å²) in [7, 11) is 4.91. The SMILES string of the molecule is COC[C@H]1OC([C@@]2(O)C=C3CC[C@H]4[C@@H]5CC[C@H]([C@H](C)CCCC(C)C)[C@@]5(C)CC[C@@H]4[C@@]3(C)CC2)=C(Cl)[C@@H](OC)[C@@H]1OC. The van der Waals surface area contributed by atoms with Gasteiger partial charge in [0.2, 0.25) is 0 Å². The molecule has 0 bridgehead atoms. The molecule has 5 aliphatic rings. The van der Waals surface area contributed by atoms with E-state index in [1.54, 1.807) is 21.3 Å². The highest BCUT2D eigenvalue weighted by Crippen LogP contribution is 2.68. The molecule has 0 aromatic carbocycles. The molecule has 0 spiro atoms. The minimum atomic E-state index is -1.24. The lowest BCUT2D eigenvalue weighted by molar-refractivity contribution is -0.141. The Morgan fingerprint density at radius 3 is 2.40 bits per heavy atom. The van der Waals surface area contributed by atoms with Crippen LogP contribution in [0.15, 0.2) is 22.4 Å². The fourth-order valence-electron chi connectivity index (χ4n) is 10.8. The monoisotopic (exact) mass is 606 g/mol. The first-order valence-electron chi connectivity index (χ1n) is 17.0. The summed E-state index contributed by atoms with van der Waals surface area (Å²) in [6, 6.07) is 0. The molecule has 5 rings (SSSR count). The van der Waals surface area contributed by atoms with E-state index in [4.69, 9.17) is 30.5 Å². The van der Waals surface area contributed by atoms with Crippen LogP contribution >= 0.6 is 11.6 Å². The summed E-state index contributed by atoms with van der Waals surface area (Å²) in [6.07, 6.45) is 14.3.